The van der Waals surface area contributed by atoms with Crippen LogP contribution in [0.5, 0.6) is 0 Å². The molecule has 21 heavy (non-hydrogen) atoms. The summed E-state index contributed by atoms with van der Waals surface area (Å²) in [5.74, 6) is -0.657. The monoisotopic (exact) mass is 302 g/mol. The Bertz CT molecular complexity index is 813. The van der Waals surface area contributed by atoms with Crippen molar-refractivity contribution in [1.29, 1.82) is 0 Å². The van der Waals surface area contributed by atoms with Crippen molar-refractivity contribution >= 4 is 28.4 Å². The molecule has 0 spiro atoms. The maximum atomic E-state index is 13.1. The summed E-state index contributed by atoms with van der Waals surface area (Å²) in [6, 6.07) is 11.8. The molecule has 2 N–H and O–H groups in total. The van der Waals surface area contributed by atoms with Gasteiger partial charge in [0.1, 0.15) is 5.82 Å². The molecule has 106 valence electrons. The van der Waals surface area contributed by atoms with Gasteiger partial charge in [-0.05, 0) is 41.3 Å². The summed E-state index contributed by atoms with van der Waals surface area (Å²) >= 11 is 5.71. The van der Waals surface area contributed by atoms with E-state index in [9.17, 15) is 9.18 Å². The van der Waals surface area contributed by atoms with Gasteiger partial charge >= 0.3 is 0 Å². The van der Waals surface area contributed by atoms with Crippen molar-refractivity contribution in [2.24, 2.45) is 0 Å². The number of aromatic amines is 1. The molecule has 3 nitrogen and oxygen atoms in total. The summed E-state index contributed by atoms with van der Waals surface area (Å²) in [5, 5.41) is 3.89. The highest BCUT2D eigenvalue weighted by Gasteiger charge is 2.07. The zero-order valence-electron chi connectivity index (χ0n) is 11.0. The van der Waals surface area contributed by atoms with E-state index in [1.807, 2.05) is 18.3 Å². The van der Waals surface area contributed by atoms with Crippen LogP contribution in [0.15, 0.2) is 48.7 Å². The summed E-state index contributed by atoms with van der Waals surface area (Å²) in [4.78, 5) is 15.2. The largest absolute Gasteiger partial charge is 0.361 e. The molecule has 0 bridgehead atoms. The van der Waals surface area contributed by atoms with Crippen LogP contribution >= 0.6 is 11.6 Å². The minimum absolute atomic E-state index is 0.0505. The number of hydrogen-bond donors (Lipinski definition) is 2. The zero-order valence-corrected chi connectivity index (χ0v) is 11.7. The van der Waals surface area contributed by atoms with E-state index in [1.165, 1.54) is 12.1 Å². The first kappa shape index (κ1) is 13.6. The van der Waals surface area contributed by atoms with Crippen molar-refractivity contribution in [2.45, 2.75) is 6.54 Å². The predicted octanol–water partition coefficient (Wildman–Crippen LogP) is 3.89. The van der Waals surface area contributed by atoms with Crippen molar-refractivity contribution in [3.8, 4) is 0 Å². The Morgan fingerprint density at radius 3 is 2.86 bits per heavy atom. The molecular weight excluding hydrogens is 291 g/mol. The molecule has 5 heteroatoms. The number of fused-ring (bicyclic) bond motifs is 1. The lowest BCUT2D eigenvalue weighted by molar-refractivity contribution is 0.0951. The number of rotatable bonds is 3. The Morgan fingerprint density at radius 2 is 2.05 bits per heavy atom. The number of H-pyrrole nitrogens is 1. The van der Waals surface area contributed by atoms with Gasteiger partial charge in [-0.25, -0.2) is 4.39 Å². The fraction of sp³-hybridized carbons (Fsp3) is 0.0625. The first-order chi connectivity index (χ1) is 10.1. The van der Waals surface area contributed by atoms with Gasteiger partial charge in [0.05, 0.1) is 5.02 Å². The molecule has 0 radical (unpaired) electrons. The van der Waals surface area contributed by atoms with Crippen LogP contribution < -0.4 is 5.32 Å². The average molecular weight is 303 g/mol. The third-order valence-electron chi connectivity index (χ3n) is 3.25. The van der Waals surface area contributed by atoms with E-state index < -0.39 is 5.82 Å². The van der Waals surface area contributed by atoms with Gasteiger partial charge in [0.2, 0.25) is 0 Å². The van der Waals surface area contributed by atoms with E-state index in [-0.39, 0.29) is 10.9 Å². The summed E-state index contributed by atoms with van der Waals surface area (Å²) in [6.07, 6.45) is 1.83. The number of hydrogen-bond acceptors (Lipinski definition) is 1. The molecule has 1 amide bonds. The molecule has 0 aliphatic carbocycles. The molecule has 1 aromatic heterocycles. The molecule has 0 aliphatic heterocycles. The molecule has 1 heterocycles. The molecular formula is C16H12ClFN2O. The number of carbonyl (C=O) groups is 1. The highest BCUT2D eigenvalue weighted by atomic mass is 35.5. The second-order valence-corrected chi connectivity index (χ2v) is 5.12. The Balaban J connectivity index is 1.72. The van der Waals surface area contributed by atoms with Crippen LogP contribution in [-0.4, -0.2) is 10.9 Å². The normalized spacial score (nSPS) is 10.8. The number of carbonyl (C=O) groups excluding carboxylic acids is 1. The molecule has 2 aromatic carbocycles. The van der Waals surface area contributed by atoms with Gasteiger partial charge < -0.3 is 10.3 Å². The van der Waals surface area contributed by atoms with E-state index in [4.69, 9.17) is 11.6 Å². The molecule has 0 saturated carbocycles. The van der Waals surface area contributed by atoms with Crippen LogP contribution in [0.25, 0.3) is 10.9 Å². The second-order valence-electron chi connectivity index (χ2n) is 4.71. The van der Waals surface area contributed by atoms with Gasteiger partial charge in [0.15, 0.2) is 0 Å². The van der Waals surface area contributed by atoms with Gasteiger partial charge in [0.25, 0.3) is 5.91 Å². The molecule has 0 unspecified atom stereocenters. The number of benzene rings is 2. The van der Waals surface area contributed by atoms with E-state index in [1.54, 1.807) is 18.2 Å². The van der Waals surface area contributed by atoms with Crippen molar-refractivity contribution in [2.75, 3.05) is 0 Å². The SMILES string of the molecule is O=C(NCc1ccc(F)c(Cl)c1)c1ccc2cc[nH]c2c1. The maximum Gasteiger partial charge on any atom is 0.251 e. The van der Waals surface area contributed by atoms with Crippen LogP contribution in [0, 0.1) is 5.82 Å². The number of nitrogens with one attached hydrogen (secondary N) is 2. The minimum Gasteiger partial charge on any atom is -0.361 e. The highest BCUT2D eigenvalue weighted by molar-refractivity contribution is 6.30. The molecule has 0 aliphatic rings. The Hall–Kier alpha value is -2.33. The van der Waals surface area contributed by atoms with Gasteiger partial charge in [-0.2, -0.15) is 0 Å². The third kappa shape index (κ3) is 2.90. The lowest BCUT2D eigenvalue weighted by Gasteiger charge is -2.06. The number of halogens is 2. The molecule has 3 aromatic rings. The first-order valence-electron chi connectivity index (χ1n) is 6.43. The highest BCUT2D eigenvalue weighted by Crippen LogP contribution is 2.17. The van der Waals surface area contributed by atoms with Crippen LogP contribution in [0.2, 0.25) is 5.02 Å². The van der Waals surface area contributed by atoms with Gasteiger partial charge in [-0.1, -0.05) is 23.7 Å². The van der Waals surface area contributed by atoms with Crippen molar-refractivity contribution in [1.82, 2.24) is 10.3 Å². The Labute approximate surface area is 125 Å². The standard InChI is InChI=1S/C16H12ClFN2O/c17-13-7-10(1-4-14(13)18)9-20-16(21)12-3-2-11-5-6-19-15(11)8-12/h1-8,19H,9H2,(H,20,21). The third-order valence-corrected chi connectivity index (χ3v) is 3.54. The second kappa shape index (κ2) is 5.58. The quantitative estimate of drug-likeness (QED) is 0.757. The Kier molecular flexibility index (Phi) is 3.62. The van der Waals surface area contributed by atoms with Crippen molar-refractivity contribution < 1.29 is 9.18 Å². The average Bonchev–Trinajstić information content (AvgIpc) is 2.95. The summed E-state index contributed by atoms with van der Waals surface area (Å²) < 4.78 is 13.1. The summed E-state index contributed by atoms with van der Waals surface area (Å²) in [5.41, 5.74) is 2.22. The lowest BCUT2D eigenvalue weighted by atomic mass is 10.1. The smallest absolute Gasteiger partial charge is 0.251 e. The topological polar surface area (TPSA) is 44.9 Å². The first-order valence-corrected chi connectivity index (χ1v) is 6.80. The summed E-state index contributed by atoms with van der Waals surface area (Å²) in [6.45, 7) is 0.293. The Morgan fingerprint density at radius 1 is 1.19 bits per heavy atom. The number of aromatic nitrogens is 1. The lowest BCUT2D eigenvalue weighted by Crippen LogP contribution is -2.22. The predicted molar refractivity (Wildman–Crippen MR) is 80.9 cm³/mol. The molecule has 0 atom stereocenters. The maximum absolute atomic E-state index is 13.1. The van der Waals surface area contributed by atoms with E-state index in [2.05, 4.69) is 10.3 Å². The van der Waals surface area contributed by atoms with Crippen LogP contribution in [0.1, 0.15) is 15.9 Å². The van der Waals surface area contributed by atoms with Gasteiger partial charge in [-0.15, -0.1) is 0 Å². The fourth-order valence-electron chi connectivity index (χ4n) is 2.12. The number of amides is 1. The molecule has 0 fully saturated rings. The van der Waals surface area contributed by atoms with Crippen LogP contribution in [-0.2, 0) is 6.54 Å². The fourth-order valence-corrected chi connectivity index (χ4v) is 2.33. The van der Waals surface area contributed by atoms with Crippen LogP contribution in [0.3, 0.4) is 0 Å². The molecule has 3 rings (SSSR count). The summed E-state index contributed by atoms with van der Waals surface area (Å²) in [7, 11) is 0. The van der Waals surface area contributed by atoms with Crippen molar-refractivity contribution in [3.63, 3.8) is 0 Å². The van der Waals surface area contributed by atoms with E-state index >= 15 is 0 Å². The van der Waals surface area contributed by atoms with E-state index in [0.29, 0.717) is 12.1 Å². The van der Waals surface area contributed by atoms with Crippen LogP contribution in [0.4, 0.5) is 4.39 Å². The molecule has 0 saturated heterocycles. The zero-order chi connectivity index (χ0) is 14.8. The van der Waals surface area contributed by atoms with E-state index in [0.717, 1.165) is 16.5 Å². The van der Waals surface area contributed by atoms with Crippen molar-refractivity contribution in [3.05, 3.63) is 70.6 Å². The van der Waals surface area contributed by atoms with Gasteiger partial charge in [-0.3, -0.25) is 4.79 Å². The van der Waals surface area contributed by atoms with Gasteiger partial charge in [0, 0.05) is 23.8 Å². The minimum atomic E-state index is -0.469.